The van der Waals surface area contributed by atoms with E-state index in [4.69, 9.17) is 9.47 Å². The Bertz CT molecular complexity index is 452. The Kier molecular flexibility index (Phi) is 4.66. The predicted octanol–water partition coefficient (Wildman–Crippen LogP) is 2.15. The summed E-state index contributed by atoms with van der Waals surface area (Å²) in [5.74, 6) is 2.63. The molecule has 1 aromatic carbocycles. The molecule has 4 heteroatoms. The number of fused-ring (bicyclic) bond motifs is 1. The molecule has 0 radical (unpaired) electrons. The van der Waals surface area contributed by atoms with Crippen molar-refractivity contribution in [1.29, 1.82) is 0 Å². The van der Waals surface area contributed by atoms with Gasteiger partial charge in [0.2, 0.25) is 0 Å². The van der Waals surface area contributed by atoms with Crippen molar-refractivity contribution in [2.75, 3.05) is 32.8 Å². The third-order valence-electron chi connectivity index (χ3n) is 4.29. The van der Waals surface area contributed by atoms with Gasteiger partial charge in [0.1, 0.15) is 18.1 Å². The molecule has 2 heterocycles. The maximum Gasteiger partial charge on any atom is 0.123 e. The molecule has 116 valence electrons. The molecule has 0 saturated carbocycles. The Balaban J connectivity index is 1.43. The SMILES string of the molecule is CC(C)Oc1cccc(OCCN2C[C@@H]3CCN[C@@H]3C2)c1. The van der Waals surface area contributed by atoms with Gasteiger partial charge in [0.15, 0.2) is 0 Å². The molecule has 1 aromatic rings. The van der Waals surface area contributed by atoms with Crippen molar-refractivity contribution in [3.8, 4) is 11.5 Å². The first-order valence-electron chi connectivity index (χ1n) is 8.06. The molecule has 2 aliphatic rings. The normalized spacial score (nSPS) is 25.3. The monoisotopic (exact) mass is 290 g/mol. The van der Waals surface area contributed by atoms with Crippen molar-refractivity contribution in [1.82, 2.24) is 10.2 Å². The van der Waals surface area contributed by atoms with Crippen LogP contribution in [0.5, 0.6) is 11.5 Å². The molecule has 2 fully saturated rings. The van der Waals surface area contributed by atoms with E-state index >= 15 is 0 Å². The second-order valence-corrected chi connectivity index (χ2v) is 6.36. The van der Waals surface area contributed by atoms with E-state index in [2.05, 4.69) is 10.2 Å². The van der Waals surface area contributed by atoms with E-state index in [9.17, 15) is 0 Å². The Morgan fingerprint density at radius 1 is 1.29 bits per heavy atom. The zero-order valence-electron chi connectivity index (χ0n) is 13.0. The predicted molar refractivity (Wildman–Crippen MR) is 84.0 cm³/mol. The fraction of sp³-hybridized carbons (Fsp3) is 0.647. The van der Waals surface area contributed by atoms with Crippen LogP contribution in [0, 0.1) is 5.92 Å². The van der Waals surface area contributed by atoms with Crippen LogP contribution in [0.1, 0.15) is 20.3 Å². The highest BCUT2D eigenvalue weighted by molar-refractivity contribution is 5.33. The fourth-order valence-electron chi connectivity index (χ4n) is 3.32. The summed E-state index contributed by atoms with van der Waals surface area (Å²) in [5.41, 5.74) is 0. The Morgan fingerprint density at radius 3 is 2.95 bits per heavy atom. The standard InChI is InChI=1S/C17H26N2O2/c1-13(2)21-16-5-3-4-15(10-16)20-9-8-19-11-14-6-7-18-17(14)12-19/h3-5,10,13-14,17-18H,6-9,11-12H2,1-2H3/t14-,17+/m0/s1. The fourth-order valence-corrected chi connectivity index (χ4v) is 3.32. The molecule has 4 nitrogen and oxygen atoms in total. The molecule has 1 N–H and O–H groups in total. The smallest absolute Gasteiger partial charge is 0.123 e. The van der Waals surface area contributed by atoms with Crippen molar-refractivity contribution in [3.63, 3.8) is 0 Å². The van der Waals surface area contributed by atoms with Gasteiger partial charge in [0.05, 0.1) is 6.10 Å². The van der Waals surface area contributed by atoms with Crippen LogP contribution in [-0.4, -0.2) is 49.8 Å². The van der Waals surface area contributed by atoms with E-state index in [1.54, 1.807) is 0 Å². The highest BCUT2D eigenvalue weighted by atomic mass is 16.5. The summed E-state index contributed by atoms with van der Waals surface area (Å²) in [4.78, 5) is 2.51. The van der Waals surface area contributed by atoms with Gasteiger partial charge in [-0.15, -0.1) is 0 Å². The zero-order valence-corrected chi connectivity index (χ0v) is 13.0. The van der Waals surface area contributed by atoms with Crippen LogP contribution < -0.4 is 14.8 Å². The van der Waals surface area contributed by atoms with Crippen LogP contribution in [0.4, 0.5) is 0 Å². The molecular formula is C17H26N2O2. The number of nitrogens with zero attached hydrogens (tertiary/aromatic N) is 1. The molecule has 2 aliphatic heterocycles. The number of hydrogen-bond acceptors (Lipinski definition) is 4. The van der Waals surface area contributed by atoms with Gasteiger partial charge >= 0.3 is 0 Å². The van der Waals surface area contributed by atoms with Crippen molar-refractivity contribution in [2.45, 2.75) is 32.4 Å². The minimum atomic E-state index is 0.191. The molecule has 0 aliphatic carbocycles. The molecule has 2 saturated heterocycles. The van der Waals surface area contributed by atoms with E-state index in [1.807, 2.05) is 38.1 Å². The second-order valence-electron chi connectivity index (χ2n) is 6.36. The lowest BCUT2D eigenvalue weighted by Gasteiger charge is -2.17. The van der Waals surface area contributed by atoms with Gasteiger partial charge in [-0.3, -0.25) is 4.90 Å². The van der Waals surface area contributed by atoms with Gasteiger partial charge in [-0.1, -0.05) is 6.07 Å². The van der Waals surface area contributed by atoms with E-state index < -0.39 is 0 Å². The maximum absolute atomic E-state index is 5.87. The van der Waals surface area contributed by atoms with Crippen LogP contribution in [-0.2, 0) is 0 Å². The molecule has 21 heavy (non-hydrogen) atoms. The zero-order chi connectivity index (χ0) is 14.7. The number of benzene rings is 1. The summed E-state index contributed by atoms with van der Waals surface area (Å²) in [7, 11) is 0. The maximum atomic E-state index is 5.87. The highest BCUT2D eigenvalue weighted by Gasteiger charge is 2.35. The van der Waals surface area contributed by atoms with Gasteiger partial charge in [-0.05, 0) is 44.9 Å². The second kappa shape index (κ2) is 6.67. The van der Waals surface area contributed by atoms with Crippen molar-refractivity contribution in [3.05, 3.63) is 24.3 Å². The van der Waals surface area contributed by atoms with E-state index in [0.29, 0.717) is 6.04 Å². The molecule has 0 amide bonds. The van der Waals surface area contributed by atoms with Gasteiger partial charge in [-0.25, -0.2) is 0 Å². The van der Waals surface area contributed by atoms with Gasteiger partial charge in [0, 0.05) is 31.7 Å². The van der Waals surface area contributed by atoms with Crippen LogP contribution >= 0.6 is 0 Å². The Hall–Kier alpha value is -1.26. The third kappa shape index (κ3) is 3.89. The van der Waals surface area contributed by atoms with Gasteiger partial charge in [0.25, 0.3) is 0 Å². The first-order valence-corrected chi connectivity index (χ1v) is 8.06. The first-order chi connectivity index (χ1) is 10.2. The topological polar surface area (TPSA) is 33.7 Å². The van der Waals surface area contributed by atoms with Gasteiger partial charge in [-0.2, -0.15) is 0 Å². The molecular weight excluding hydrogens is 264 g/mol. The summed E-state index contributed by atoms with van der Waals surface area (Å²) in [6.07, 6.45) is 1.52. The highest BCUT2D eigenvalue weighted by Crippen LogP contribution is 2.24. The summed E-state index contributed by atoms with van der Waals surface area (Å²) in [5, 5.41) is 3.58. The first kappa shape index (κ1) is 14.7. The van der Waals surface area contributed by atoms with E-state index in [-0.39, 0.29) is 6.10 Å². The van der Waals surface area contributed by atoms with Crippen LogP contribution in [0.2, 0.25) is 0 Å². The van der Waals surface area contributed by atoms with Crippen LogP contribution in [0.25, 0.3) is 0 Å². The van der Waals surface area contributed by atoms with E-state index in [1.165, 1.54) is 26.1 Å². The minimum Gasteiger partial charge on any atom is -0.492 e. The molecule has 0 aromatic heterocycles. The third-order valence-corrected chi connectivity index (χ3v) is 4.29. The van der Waals surface area contributed by atoms with Crippen LogP contribution in [0.15, 0.2) is 24.3 Å². The van der Waals surface area contributed by atoms with Crippen LogP contribution in [0.3, 0.4) is 0 Å². The Labute approximate surface area is 127 Å². The van der Waals surface area contributed by atoms with Gasteiger partial charge < -0.3 is 14.8 Å². The number of hydrogen-bond donors (Lipinski definition) is 1. The summed E-state index contributed by atoms with van der Waals surface area (Å²) in [6.45, 7) is 9.40. The molecule has 2 atom stereocenters. The number of likely N-dealkylation sites (tertiary alicyclic amines) is 1. The molecule has 0 unspecified atom stereocenters. The lowest BCUT2D eigenvalue weighted by Crippen LogP contribution is -2.32. The summed E-state index contributed by atoms with van der Waals surface area (Å²) < 4.78 is 11.6. The van der Waals surface area contributed by atoms with Crippen molar-refractivity contribution >= 4 is 0 Å². The number of ether oxygens (including phenoxy) is 2. The number of nitrogens with one attached hydrogen (secondary N) is 1. The van der Waals surface area contributed by atoms with E-state index in [0.717, 1.165) is 30.6 Å². The lowest BCUT2D eigenvalue weighted by molar-refractivity contribution is 0.224. The molecule has 0 spiro atoms. The Morgan fingerprint density at radius 2 is 2.14 bits per heavy atom. The average molecular weight is 290 g/mol. The summed E-state index contributed by atoms with van der Waals surface area (Å²) >= 11 is 0. The molecule has 3 rings (SSSR count). The average Bonchev–Trinajstić information content (AvgIpc) is 2.99. The van der Waals surface area contributed by atoms with Crippen molar-refractivity contribution in [2.24, 2.45) is 5.92 Å². The quantitative estimate of drug-likeness (QED) is 0.870. The van der Waals surface area contributed by atoms with Crippen molar-refractivity contribution < 1.29 is 9.47 Å². The lowest BCUT2D eigenvalue weighted by atomic mass is 10.1. The minimum absolute atomic E-state index is 0.191. The largest absolute Gasteiger partial charge is 0.492 e. The summed E-state index contributed by atoms with van der Waals surface area (Å²) in [6, 6.07) is 8.64. The molecule has 0 bridgehead atoms. The number of rotatable bonds is 6.